The Kier molecular flexibility index (Phi) is 4.45. The molecule has 8 heteroatoms. The Bertz CT molecular complexity index is 1210. The molecule has 0 amide bonds. The fourth-order valence-corrected chi connectivity index (χ4v) is 5.12. The smallest absolute Gasteiger partial charge is 0.178 e. The molecule has 4 nitrogen and oxygen atoms in total. The van der Waals surface area contributed by atoms with E-state index in [1.165, 1.54) is 17.7 Å². The fourth-order valence-electron chi connectivity index (χ4n) is 3.29. The number of rotatable bonds is 2. The number of benzene rings is 2. The summed E-state index contributed by atoms with van der Waals surface area (Å²) < 4.78 is 22.1. The van der Waals surface area contributed by atoms with Crippen LogP contribution < -0.4 is 4.74 Å². The highest BCUT2D eigenvalue weighted by atomic mass is 79.9. The van der Waals surface area contributed by atoms with Crippen LogP contribution in [0, 0.1) is 5.82 Å². The van der Waals surface area contributed by atoms with Gasteiger partial charge in [-0.15, -0.1) is 21.5 Å². The van der Waals surface area contributed by atoms with Gasteiger partial charge in [-0.1, -0.05) is 27.5 Å². The van der Waals surface area contributed by atoms with Crippen molar-refractivity contribution in [2.24, 2.45) is 0 Å². The van der Waals surface area contributed by atoms with E-state index in [0.717, 1.165) is 32.0 Å². The zero-order valence-electron chi connectivity index (χ0n) is 14.3. The van der Waals surface area contributed by atoms with E-state index in [0.29, 0.717) is 23.1 Å². The standard InChI is InChI=1S/C20H12BrClFN3OS/c21-12-1-4-17-14(8-12)19-11(5-6-27-17)7-18(28-19)20-25-24-10-26(20)16-3-2-13(23)9-15(16)22/h1-4,7-10H,5-6H2. The van der Waals surface area contributed by atoms with Gasteiger partial charge in [-0.2, -0.15) is 0 Å². The molecule has 0 atom stereocenters. The van der Waals surface area contributed by atoms with Gasteiger partial charge in [0.05, 0.1) is 22.2 Å². The molecular weight excluding hydrogens is 465 g/mol. The average molecular weight is 477 g/mol. The molecule has 4 aromatic rings. The third-order valence-electron chi connectivity index (χ3n) is 4.56. The van der Waals surface area contributed by atoms with Gasteiger partial charge in [-0.25, -0.2) is 4.39 Å². The highest BCUT2D eigenvalue weighted by Crippen LogP contribution is 2.44. The third-order valence-corrected chi connectivity index (χ3v) is 6.56. The Morgan fingerprint density at radius 1 is 1.18 bits per heavy atom. The zero-order chi connectivity index (χ0) is 19.3. The van der Waals surface area contributed by atoms with Crippen molar-refractivity contribution < 1.29 is 9.13 Å². The van der Waals surface area contributed by atoms with E-state index in [-0.39, 0.29) is 5.82 Å². The van der Waals surface area contributed by atoms with Crippen LogP contribution in [0.3, 0.4) is 0 Å². The predicted molar refractivity (Wildman–Crippen MR) is 112 cm³/mol. The summed E-state index contributed by atoms with van der Waals surface area (Å²) in [5, 5.41) is 8.66. The summed E-state index contributed by atoms with van der Waals surface area (Å²) in [6.45, 7) is 0.619. The number of hydrogen-bond donors (Lipinski definition) is 0. The van der Waals surface area contributed by atoms with E-state index in [1.54, 1.807) is 28.3 Å². The SMILES string of the molecule is Fc1ccc(-n2cnnc2-c2cc3c(s2)-c2cc(Br)ccc2OCC3)c(Cl)c1. The van der Waals surface area contributed by atoms with Crippen LogP contribution in [0.4, 0.5) is 4.39 Å². The molecule has 0 aliphatic carbocycles. The molecule has 0 fully saturated rings. The Hall–Kier alpha value is -2.22. The summed E-state index contributed by atoms with van der Waals surface area (Å²) in [5.74, 6) is 1.16. The first-order chi connectivity index (χ1) is 13.6. The van der Waals surface area contributed by atoms with Crippen LogP contribution >= 0.6 is 38.9 Å². The molecule has 1 aliphatic rings. The number of fused-ring (bicyclic) bond motifs is 3. The minimum Gasteiger partial charge on any atom is -0.493 e. The lowest BCUT2D eigenvalue weighted by atomic mass is 10.1. The Morgan fingerprint density at radius 3 is 2.93 bits per heavy atom. The molecule has 0 saturated carbocycles. The molecule has 0 saturated heterocycles. The molecule has 0 spiro atoms. The van der Waals surface area contributed by atoms with Gasteiger partial charge in [-0.3, -0.25) is 4.57 Å². The van der Waals surface area contributed by atoms with Crippen molar-refractivity contribution in [1.29, 1.82) is 0 Å². The van der Waals surface area contributed by atoms with Crippen molar-refractivity contribution >= 4 is 38.9 Å². The lowest BCUT2D eigenvalue weighted by Gasteiger charge is -2.08. The summed E-state index contributed by atoms with van der Waals surface area (Å²) in [4.78, 5) is 2.12. The molecule has 2 aromatic heterocycles. The van der Waals surface area contributed by atoms with Crippen molar-refractivity contribution in [1.82, 2.24) is 14.8 Å². The first-order valence-corrected chi connectivity index (χ1v) is 10.5. The molecule has 140 valence electrons. The van der Waals surface area contributed by atoms with Gasteiger partial charge in [0.15, 0.2) is 5.82 Å². The van der Waals surface area contributed by atoms with Gasteiger partial charge in [0.1, 0.15) is 17.9 Å². The van der Waals surface area contributed by atoms with E-state index in [9.17, 15) is 4.39 Å². The van der Waals surface area contributed by atoms with Crippen LogP contribution in [0.2, 0.25) is 5.02 Å². The van der Waals surface area contributed by atoms with Crippen molar-refractivity contribution in [3.8, 4) is 32.6 Å². The fraction of sp³-hybridized carbons (Fsp3) is 0.100. The molecule has 0 radical (unpaired) electrons. The number of halogens is 3. The maximum absolute atomic E-state index is 13.4. The second-order valence-electron chi connectivity index (χ2n) is 6.32. The summed E-state index contributed by atoms with van der Waals surface area (Å²) in [6, 6.07) is 12.4. The van der Waals surface area contributed by atoms with Crippen molar-refractivity contribution in [2.75, 3.05) is 6.61 Å². The van der Waals surface area contributed by atoms with Crippen LogP contribution in [0.5, 0.6) is 5.75 Å². The molecule has 5 rings (SSSR count). The van der Waals surface area contributed by atoms with Gasteiger partial charge in [0.2, 0.25) is 0 Å². The molecule has 3 heterocycles. The quantitative estimate of drug-likeness (QED) is 0.348. The summed E-state index contributed by atoms with van der Waals surface area (Å²) in [5.41, 5.74) is 2.90. The topological polar surface area (TPSA) is 39.9 Å². The van der Waals surface area contributed by atoms with Crippen molar-refractivity contribution in [3.05, 3.63) is 69.7 Å². The summed E-state index contributed by atoms with van der Waals surface area (Å²) >= 11 is 11.4. The van der Waals surface area contributed by atoms with E-state index in [2.05, 4.69) is 38.3 Å². The normalized spacial score (nSPS) is 12.8. The first-order valence-electron chi connectivity index (χ1n) is 8.51. The first kappa shape index (κ1) is 17.8. The largest absolute Gasteiger partial charge is 0.493 e. The molecule has 0 unspecified atom stereocenters. The summed E-state index contributed by atoms with van der Waals surface area (Å²) in [7, 11) is 0. The second-order valence-corrected chi connectivity index (χ2v) is 8.70. The number of nitrogens with zero attached hydrogens (tertiary/aromatic N) is 3. The van der Waals surface area contributed by atoms with Crippen molar-refractivity contribution in [2.45, 2.75) is 6.42 Å². The number of aromatic nitrogens is 3. The van der Waals surface area contributed by atoms with Crippen LogP contribution in [-0.2, 0) is 6.42 Å². The van der Waals surface area contributed by atoms with Gasteiger partial charge < -0.3 is 4.74 Å². The monoisotopic (exact) mass is 475 g/mol. The molecule has 0 N–H and O–H groups in total. The average Bonchev–Trinajstić information content (AvgIpc) is 3.27. The molecule has 28 heavy (non-hydrogen) atoms. The Morgan fingerprint density at radius 2 is 2.07 bits per heavy atom. The zero-order valence-corrected chi connectivity index (χ0v) is 17.5. The minimum absolute atomic E-state index is 0.307. The number of hydrogen-bond acceptors (Lipinski definition) is 4. The maximum atomic E-state index is 13.4. The number of thiophene rings is 1. The minimum atomic E-state index is -0.381. The van der Waals surface area contributed by atoms with Crippen molar-refractivity contribution in [3.63, 3.8) is 0 Å². The molecule has 2 aromatic carbocycles. The third kappa shape index (κ3) is 3.03. The summed E-state index contributed by atoms with van der Waals surface area (Å²) in [6.07, 6.45) is 2.40. The van der Waals surface area contributed by atoms with Gasteiger partial charge >= 0.3 is 0 Å². The Labute approximate surface area is 177 Å². The lowest BCUT2D eigenvalue weighted by molar-refractivity contribution is 0.326. The van der Waals surface area contributed by atoms with Gasteiger partial charge in [-0.05, 0) is 48.0 Å². The van der Waals surface area contributed by atoms with E-state index < -0.39 is 0 Å². The van der Waals surface area contributed by atoms with Crippen LogP contribution in [0.1, 0.15) is 5.56 Å². The molecule has 0 bridgehead atoms. The molecule has 1 aliphatic heterocycles. The van der Waals surface area contributed by atoms with E-state index in [1.807, 2.05) is 12.1 Å². The van der Waals surface area contributed by atoms with E-state index in [4.69, 9.17) is 16.3 Å². The molecular formula is C20H12BrClFN3OS. The highest BCUT2D eigenvalue weighted by molar-refractivity contribution is 9.10. The van der Waals surface area contributed by atoms with Crippen LogP contribution in [-0.4, -0.2) is 21.4 Å². The Balaban J connectivity index is 1.65. The highest BCUT2D eigenvalue weighted by Gasteiger charge is 2.22. The van der Waals surface area contributed by atoms with Gasteiger partial charge in [0, 0.05) is 21.3 Å². The number of ether oxygens (including phenoxy) is 1. The second kappa shape index (κ2) is 6.99. The predicted octanol–water partition coefficient (Wildman–Crippen LogP) is 6.15. The van der Waals surface area contributed by atoms with Gasteiger partial charge in [0.25, 0.3) is 0 Å². The van der Waals surface area contributed by atoms with Crippen LogP contribution in [0.15, 0.2) is 53.3 Å². The van der Waals surface area contributed by atoms with E-state index >= 15 is 0 Å². The van der Waals surface area contributed by atoms with Crippen LogP contribution in [0.25, 0.3) is 26.8 Å². The lowest BCUT2D eigenvalue weighted by Crippen LogP contribution is -1.98. The maximum Gasteiger partial charge on any atom is 0.178 e.